The number of hydrogen-bond donors (Lipinski definition) is 2. The van der Waals surface area contributed by atoms with Crippen molar-refractivity contribution in [3.8, 4) is 0 Å². The lowest BCUT2D eigenvalue weighted by atomic mass is 10.1. The average molecular weight is 302 g/mol. The number of halogens is 1. The van der Waals surface area contributed by atoms with Gasteiger partial charge in [-0.2, -0.15) is 0 Å². The van der Waals surface area contributed by atoms with Crippen LogP contribution < -0.4 is 10.6 Å². The highest BCUT2D eigenvalue weighted by Gasteiger charge is 2.10. The number of ether oxygens (including phenoxy) is 1. The van der Waals surface area contributed by atoms with E-state index in [0.717, 1.165) is 11.6 Å². The van der Waals surface area contributed by atoms with Crippen molar-refractivity contribution in [2.45, 2.75) is 6.92 Å². The molecule has 0 heterocycles. The van der Waals surface area contributed by atoms with E-state index in [-0.39, 0.29) is 11.6 Å². The fourth-order valence-electron chi connectivity index (χ4n) is 1.85. The maximum absolute atomic E-state index is 13.6. The summed E-state index contributed by atoms with van der Waals surface area (Å²) in [6, 6.07) is 11.0. The Hall–Kier alpha value is -2.89. The smallest absolute Gasteiger partial charge is 0.411 e. The maximum atomic E-state index is 13.6. The summed E-state index contributed by atoms with van der Waals surface area (Å²) >= 11 is 0. The number of carbonyl (C=O) groups excluding carboxylic acids is 2. The molecule has 0 aliphatic carbocycles. The monoisotopic (exact) mass is 302 g/mol. The summed E-state index contributed by atoms with van der Waals surface area (Å²) in [5, 5.41) is 4.88. The van der Waals surface area contributed by atoms with Gasteiger partial charge in [-0.1, -0.05) is 17.7 Å². The van der Waals surface area contributed by atoms with Gasteiger partial charge in [-0.3, -0.25) is 10.1 Å². The highest BCUT2D eigenvalue weighted by molar-refractivity contribution is 6.04. The zero-order chi connectivity index (χ0) is 16.1. The number of amides is 2. The summed E-state index contributed by atoms with van der Waals surface area (Å²) in [4.78, 5) is 23.3. The number of nitrogens with one attached hydrogen (secondary N) is 2. The maximum Gasteiger partial charge on any atom is 0.411 e. The van der Waals surface area contributed by atoms with Crippen molar-refractivity contribution in [1.82, 2.24) is 0 Å². The first kappa shape index (κ1) is 15.5. The van der Waals surface area contributed by atoms with Crippen LogP contribution in [0.2, 0.25) is 0 Å². The number of hydrogen-bond acceptors (Lipinski definition) is 3. The summed E-state index contributed by atoms with van der Waals surface area (Å²) < 4.78 is 18.0. The molecule has 22 heavy (non-hydrogen) atoms. The van der Waals surface area contributed by atoms with Crippen LogP contribution in [0.4, 0.5) is 20.6 Å². The highest BCUT2D eigenvalue weighted by atomic mass is 19.1. The van der Waals surface area contributed by atoms with Crippen LogP contribution in [0.1, 0.15) is 15.9 Å². The fourth-order valence-corrected chi connectivity index (χ4v) is 1.85. The summed E-state index contributed by atoms with van der Waals surface area (Å²) in [6.45, 7) is 1.88. The third-order valence-corrected chi connectivity index (χ3v) is 2.93. The third kappa shape index (κ3) is 3.82. The Balaban J connectivity index is 2.17. The van der Waals surface area contributed by atoms with Gasteiger partial charge in [0.05, 0.1) is 12.8 Å². The van der Waals surface area contributed by atoms with Gasteiger partial charge in [0.1, 0.15) is 5.82 Å². The summed E-state index contributed by atoms with van der Waals surface area (Å²) in [5.74, 6) is -0.946. The number of benzene rings is 2. The van der Waals surface area contributed by atoms with Crippen molar-refractivity contribution in [3.05, 3.63) is 59.4 Å². The number of carbonyl (C=O) groups is 2. The van der Waals surface area contributed by atoms with Gasteiger partial charge in [-0.05, 0) is 37.3 Å². The number of methoxy groups -OCH3 is 1. The van der Waals surface area contributed by atoms with Crippen molar-refractivity contribution in [1.29, 1.82) is 0 Å². The molecule has 0 saturated carbocycles. The van der Waals surface area contributed by atoms with Gasteiger partial charge in [0.25, 0.3) is 5.91 Å². The van der Waals surface area contributed by atoms with Crippen molar-refractivity contribution in [2.24, 2.45) is 0 Å². The summed E-state index contributed by atoms with van der Waals surface area (Å²) in [7, 11) is 1.18. The SMILES string of the molecule is COC(=O)Nc1cc(NC(=O)c2cccc(C)c2)ccc1F. The van der Waals surface area contributed by atoms with Gasteiger partial charge in [0, 0.05) is 11.3 Å². The zero-order valence-corrected chi connectivity index (χ0v) is 12.1. The standard InChI is InChI=1S/C16H15FN2O3/c1-10-4-3-5-11(8-10)15(20)18-12-6-7-13(17)14(9-12)19-16(21)22-2/h3-9H,1-2H3,(H,18,20)(H,19,21). The Morgan fingerprint density at radius 1 is 1.09 bits per heavy atom. The molecule has 0 unspecified atom stereocenters. The van der Waals surface area contributed by atoms with Crippen molar-refractivity contribution in [2.75, 3.05) is 17.7 Å². The van der Waals surface area contributed by atoms with E-state index < -0.39 is 11.9 Å². The molecule has 114 valence electrons. The molecule has 2 aromatic rings. The predicted octanol–water partition coefficient (Wildman–Crippen LogP) is 3.56. The van der Waals surface area contributed by atoms with Crippen LogP contribution in [0.25, 0.3) is 0 Å². The number of rotatable bonds is 3. The molecule has 0 fully saturated rings. The minimum absolute atomic E-state index is 0.0751. The van der Waals surface area contributed by atoms with Gasteiger partial charge >= 0.3 is 6.09 Å². The van der Waals surface area contributed by atoms with Crippen LogP contribution in [0, 0.1) is 12.7 Å². The number of aryl methyl sites for hydroxylation is 1. The van der Waals surface area contributed by atoms with Gasteiger partial charge in [0.15, 0.2) is 0 Å². The summed E-state index contributed by atoms with van der Waals surface area (Å²) in [6.07, 6.45) is -0.791. The van der Waals surface area contributed by atoms with Crippen LogP contribution in [-0.4, -0.2) is 19.1 Å². The Kier molecular flexibility index (Phi) is 4.73. The molecule has 6 heteroatoms. The Labute approximate surface area is 127 Å². The van der Waals surface area contributed by atoms with E-state index in [1.54, 1.807) is 18.2 Å². The first-order chi connectivity index (χ1) is 10.5. The van der Waals surface area contributed by atoms with Gasteiger partial charge < -0.3 is 10.1 Å². The van der Waals surface area contributed by atoms with E-state index in [1.165, 1.54) is 19.2 Å². The molecule has 0 aromatic heterocycles. The molecule has 0 aliphatic heterocycles. The Morgan fingerprint density at radius 2 is 1.86 bits per heavy atom. The molecular formula is C16H15FN2O3. The molecule has 0 radical (unpaired) electrons. The zero-order valence-electron chi connectivity index (χ0n) is 12.1. The van der Waals surface area contributed by atoms with Gasteiger partial charge in [0.2, 0.25) is 0 Å². The second-order valence-electron chi connectivity index (χ2n) is 4.63. The predicted molar refractivity (Wildman–Crippen MR) is 81.6 cm³/mol. The van der Waals surface area contributed by atoms with E-state index >= 15 is 0 Å². The second-order valence-corrected chi connectivity index (χ2v) is 4.63. The minimum atomic E-state index is -0.791. The van der Waals surface area contributed by atoms with Crippen molar-refractivity contribution < 1.29 is 18.7 Å². The van der Waals surface area contributed by atoms with Crippen LogP contribution in [0.3, 0.4) is 0 Å². The topological polar surface area (TPSA) is 67.4 Å². The van der Waals surface area contributed by atoms with E-state index in [9.17, 15) is 14.0 Å². The molecule has 0 aliphatic rings. The molecular weight excluding hydrogens is 287 g/mol. The Bertz CT molecular complexity index is 716. The molecule has 0 atom stereocenters. The van der Waals surface area contributed by atoms with Gasteiger partial charge in [-0.15, -0.1) is 0 Å². The average Bonchev–Trinajstić information content (AvgIpc) is 2.50. The lowest BCUT2D eigenvalue weighted by Crippen LogP contribution is -2.14. The normalized spacial score (nSPS) is 9.95. The van der Waals surface area contributed by atoms with Crippen LogP contribution in [0.5, 0.6) is 0 Å². The fraction of sp³-hybridized carbons (Fsp3) is 0.125. The molecule has 0 saturated heterocycles. The molecule has 2 rings (SSSR count). The first-order valence-corrected chi connectivity index (χ1v) is 6.52. The van der Waals surface area contributed by atoms with E-state index in [4.69, 9.17) is 0 Å². The Morgan fingerprint density at radius 3 is 2.55 bits per heavy atom. The first-order valence-electron chi connectivity index (χ1n) is 6.52. The van der Waals surface area contributed by atoms with Crippen LogP contribution in [0.15, 0.2) is 42.5 Å². The van der Waals surface area contributed by atoms with Crippen LogP contribution in [-0.2, 0) is 4.74 Å². The van der Waals surface area contributed by atoms with Crippen molar-refractivity contribution >= 4 is 23.4 Å². The summed E-state index contributed by atoms with van der Waals surface area (Å²) in [5.41, 5.74) is 1.74. The second kappa shape index (κ2) is 6.71. The molecule has 0 spiro atoms. The highest BCUT2D eigenvalue weighted by Crippen LogP contribution is 2.20. The molecule has 2 amide bonds. The van der Waals surface area contributed by atoms with E-state index in [1.807, 2.05) is 13.0 Å². The van der Waals surface area contributed by atoms with E-state index in [0.29, 0.717) is 11.3 Å². The molecule has 0 bridgehead atoms. The minimum Gasteiger partial charge on any atom is -0.453 e. The van der Waals surface area contributed by atoms with Crippen molar-refractivity contribution in [3.63, 3.8) is 0 Å². The van der Waals surface area contributed by atoms with E-state index in [2.05, 4.69) is 15.4 Å². The largest absolute Gasteiger partial charge is 0.453 e. The lowest BCUT2D eigenvalue weighted by Gasteiger charge is -2.09. The quantitative estimate of drug-likeness (QED) is 0.911. The van der Waals surface area contributed by atoms with Gasteiger partial charge in [-0.25, -0.2) is 9.18 Å². The lowest BCUT2D eigenvalue weighted by molar-refractivity contribution is 0.102. The molecule has 2 N–H and O–H groups in total. The van der Waals surface area contributed by atoms with Crippen LogP contribution >= 0.6 is 0 Å². The third-order valence-electron chi connectivity index (χ3n) is 2.93. The molecule has 5 nitrogen and oxygen atoms in total. The molecule has 2 aromatic carbocycles. The number of anilines is 2.